The number of halogens is 1. The number of hydrogen-bond donors (Lipinski definition) is 1. The minimum Gasteiger partial charge on any atom is -0.494 e. The van der Waals surface area contributed by atoms with Crippen LogP contribution in [-0.4, -0.2) is 24.5 Å². The summed E-state index contributed by atoms with van der Waals surface area (Å²) in [5, 5.41) is 3.02. The smallest absolute Gasteiger partial charge is 0.221 e. The normalized spacial score (nSPS) is 11.3. The summed E-state index contributed by atoms with van der Waals surface area (Å²) >= 11 is 5.95. The van der Waals surface area contributed by atoms with Gasteiger partial charge in [-0.15, -0.1) is 0 Å². The summed E-state index contributed by atoms with van der Waals surface area (Å²) in [7, 11) is 5.65. The molecular formula is C12H12ClN3O3S2. The van der Waals surface area contributed by atoms with E-state index in [-0.39, 0.29) is 5.91 Å². The van der Waals surface area contributed by atoms with Crippen LogP contribution in [-0.2, 0) is 4.79 Å². The topological polar surface area (TPSA) is 72.8 Å². The second kappa shape index (κ2) is 6.88. The van der Waals surface area contributed by atoms with Gasteiger partial charge in [0.05, 0.1) is 19.9 Å². The van der Waals surface area contributed by atoms with E-state index in [2.05, 4.69) is 14.7 Å². The van der Waals surface area contributed by atoms with Gasteiger partial charge >= 0.3 is 0 Å². The Kier molecular flexibility index (Phi) is 5.16. The molecule has 0 aliphatic rings. The third kappa shape index (κ3) is 3.72. The van der Waals surface area contributed by atoms with Crippen molar-refractivity contribution in [2.45, 2.75) is 6.92 Å². The number of ether oxygens (including phenoxy) is 2. The summed E-state index contributed by atoms with van der Waals surface area (Å²) in [6, 6.07) is 3.32. The zero-order valence-electron chi connectivity index (χ0n) is 11.5. The molecule has 6 nitrogen and oxygen atoms in total. The van der Waals surface area contributed by atoms with Crippen molar-refractivity contribution in [3.63, 3.8) is 0 Å². The lowest BCUT2D eigenvalue weighted by molar-refractivity contribution is -0.114. The van der Waals surface area contributed by atoms with E-state index in [1.165, 1.54) is 42.0 Å². The fourth-order valence-corrected chi connectivity index (χ4v) is 3.58. The summed E-state index contributed by atoms with van der Waals surface area (Å²) in [5.74, 6) is 0.774. The Balaban J connectivity index is 2.56. The first-order valence-corrected chi connectivity index (χ1v) is 8.23. The number of carbonyl (C=O) groups is 1. The monoisotopic (exact) mass is 345 g/mol. The highest BCUT2D eigenvalue weighted by molar-refractivity contribution is 7.66. The first-order valence-electron chi connectivity index (χ1n) is 5.75. The van der Waals surface area contributed by atoms with Gasteiger partial charge < -0.3 is 14.8 Å². The number of nitrogens with zero attached hydrogens (tertiary/aromatic N) is 2. The molecule has 1 N–H and O–H groups in total. The summed E-state index contributed by atoms with van der Waals surface area (Å²) < 4.78 is 15.1. The SMILES string of the molecule is COc1cc(NC(C)=O)c(OC)cc1N=c1ssnc1Cl. The Morgan fingerprint density at radius 3 is 2.57 bits per heavy atom. The van der Waals surface area contributed by atoms with Crippen LogP contribution in [0.1, 0.15) is 6.92 Å². The Hall–Kier alpha value is -1.64. The molecule has 112 valence electrons. The zero-order chi connectivity index (χ0) is 15.4. The molecule has 21 heavy (non-hydrogen) atoms. The van der Waals surface area contributed by atoms with Gasteiger partial charge in [0, 0.05) is 29.6 Å². The Morgan fingerprint density at radius 1 is 1.33 bits per heavy atom. The maximum atomic E-state index is 11.2. The largest absolute Gasteiger partial charge is 0.494 e. The van der Waals surface area contributed by atoms with Gasteiger partial charge in [-0.2, -0.15) is 4.37 Å². The van der Waals surface area contributed by atoms with E-state index >= 15 is 0 Å². The first kappa shape index (κ1) is 15.7. The van der Waals surface area contributed by atoms with Crippen molar-refractivity contribution in [2.24, 2.45) is 4.99 Å². The Morgan fingerprint density at radius 2 is 2.05 bits per heavy atom. The highest BCUT2D eigenvalue weighted by atomic mass is 35.5. The number of amides is 1. The maximum Gasteiger partial charge on any atom is 0.221 e. The van der Waals surface area contributed by atoms with Crippen molar-refractivity contribution in [1.82, 2.24) is 4.37 Å². The second-order valence-corrected chi connectivity index (χ2v) is 6.05. The number of aromatic nitrogens is 1. The number of anilines is 1. The Labute approximate surface area is 133 Å². The van der Waals surface area contributed by atoms with Gasteiger partial charge in [0.2, 0.25) is 5.91 Å². The molecule has 0 radical (unpaired) electrons. The molecule has 0 aliphatic heterocycles. The van der Waals surface area contributed by atoms with Gasteiger partial charge in [-0.25, -0.2) is 4.99 Å². The van der Waals surface area contributed by atoms with Crippen molar-refractivity contribution >= 4 is 49.8 Å². The number of carbonyl (C=O) groups excluding carboxylic acids is 1. The van der Waals surface area contributed by atoms with Gasteiger partial charge in [-0.05, 0) is 10.3 Å². The van der Waals surface area contributed by atoms with Crippen LogP contribution in [0.3, 0.4) is 0 Å². The van der Waals surface area contributed by atoms with Gasteiger partial charge in [-0.1, -0.05) is 11.6 Å². The molecule has 1 aromatic heterocycles. The van der Waals surface area contributed by atoms with Gasteiger partial charge in [-0.3, -0.25) is 4.79 Å². The molecule has 9 heteroatoms. The van der Waals surface area contributed by atoms with Crippen LogP contribution in [0, 0.1) is 0 Å². The third-order valence-electron chi connectivity index (χ3n) is 2.44. The van der Waals surface area contributed by atoms with E-state index in [0.29, 0.717) is 32.7 Å². The predicted octanol–water partition coefficient (Wildman–Crippen LogP) is 3.07. The molecule has 1 amide bonds. The van der Waals surface area contributed by atoms with E-state index in [0.717, 1.165) is 0 Å². The number of hydrogen-bond acceptors (Lipinski definition) is 7. The fraction of sp³-hybridized carbons (Fsp3) is 0.250. The Bertz CT molecular complexity index is 727. The average Bonchev–Trinajstić information content (AvgIpc) is 2.84. The van der Waals surface area contributed by atoms with E-state index < -0.39 is 0 Å². The minimum atomic E-state index is -0.202. The number of benzene rings is 1. The average molecular weight is 346 g/mol. The van der Waals surface area contributed by atoms with Crippen molar-refractivity contribution in [3.05, 3.63) is 22.0 Å². The van der Waals surface area contributed by atoms with Crippen LogP contribution >= 0.6 is 32.5 Å². The molecule has 0 atom stereocenters. The molecule has 1 heterocycles. The lowest BCUT2D eigenvalue weighted by atomic mass is 10.2. The van der Waals surface area contributed by atoms with Crippen molar-refractivity contribution in [1.29, 1.82) is 0 Å². The molecule has 0 saturated carbocycles. The molecule has 0 unspecified atom stereocenters. The molecular weight excluding hydrogens is 334 g/mol. The number of rotatable bonds is 4. The molecule has 0 aliphatic carbocycles. The van der Waals surface area contributed by atoms with Crippen molar-refractivity contribution < 1.29 is 14.3 Å². The van der Waals surface area contributed by atoms with Crippen LogP contribution in [0.2, 0.25) is 5.15 Å². The van der Waals surface area contributed by atoms with Crippen LogP contribution in [0.5, 0.6) is 11.5 Å². The minimum absolute atomic E-state index is 0.202. The fourth-order valence-electron chi connectivity index (χ4n) is 1.59. The van der Waals surface area contributed by atoms with Crippen LogP contribution in [0.25, 0.3) is 0 Å². The van der Waals surface area contributed by atoms with Crippen LogP contribution in [0.4, 0.5) is 11.4 Å². The maximum absolute atomic E-state index is 11.2. The van der Waals surface area contributed by atoms with E-state index in [1.54, 1.807) is 12.1 Å². The molecule has 0 fully saturated rings. The van der Waals surface area contributed by atoms with Gasteiger partial charge in [0.1, 0.15) is 17.2 Å². The van der Waals surface area contributed by atoms with Crippen molar-refractivity contribution in [2.75, 3.05) is 19.5 Å². The zero-order valence-corrected chi connectivity index (χ0v) is 13.9. The lowest BCUT2D eigenvalue weighted by Gasteiger charge is -2.12. The molecule has 2 rings (SSSR count). The molecule has 0 saturated heterocycles. The second-order valence-electron chi connectivity index (χ2n) is 3.86. The molecule has 0 bridgehead atoms. The number of nitrogens with one attached hydrogen (secondary N) is 1. The molecule has 2 aromatic rings. The third-order valence-corrected chi connectivity index (χ3v) is 4.61. The highest BCUT2D eigenvalue weighted by Gasteiger charge is 2.12. The predicted molar refractivity (Wildman–Crippen MR) is 84.1 cm³/mol. The highest BCUT2D eigenvalue weighted by Crippen LogP contribution is 2.38. The molecule has 0 spiro atoms. The number of methoxy groups -OCH3 is 2. The van der Waals surface area contributed by atoms with Gasteiger partial charge in [0.25, 0.3) is 0 Å². The van der Waals surface area contributed by atoms with Crippen LogP contribution < -0.4 is 19.5 Å². The lowest BCUT2D eigenvalue weighted by Crippen LogP contribution is -2.07. The first-order chi connectivity index (χ1) is 10.0. The quantitative estimate of drug-likeness (QED) is 0.864. The van der Waals surface area contributed by atoms with Crippen molar-refractivity contribution in [3.8, 4) is 11.5 Å². The summed E-state index contributed by atoms with van der Waals surface area (Å²) in [6.45, 7) is 1.42. The summed E-state index contributed by atoms with van der Waals surface area (Å²) in [5.41, 5.74) is 1.06. The molecule has 1 aromatic carbocycles. The van der Waals surface area contributed by atoms with Crippen LogP contribution in [0.15, 0.2) is 17.1 Å². The van der Waals surface area contributed by atoms with E-state index in [9.17, 15) is 4.79 Å². The van der Waals surface area contributed by atoms with E-state index in [1.807, 2.05) is 0 Å². The van der Waals surface area contributed by atoms with E-state index in [4.69, 9.17) is 21.1 Å². The summed E-state index contributed by atoms with van der Waals surface area (Å²) in [6.07, 6.45) is 0. The van der Waals surface area contributed by atoms with Gasteiger partial charge in [0.15, 0.2) is 9.82 Å². The summed E-state index contributed by atoms with van der Waals surface area (Å²) in [4.78, 5) is 15.6. The standard InChI is InChI=1S/C12H12ClN3O3S2/c1-6(17)14-7-4-10(19-3)8(5-9(7)18-2)15-12-11(13)16-21-20-12/h4-5H,1-3H3,(H,14,17).